The number of nitrogens with zero attached hydrogens (tertiary/aromatic N) is 1. The molecule has 21 heavy (non-hydrogen) atoms. The second kappa shape index (κ2) is 5.98. The fourth-order valence-corrected chi connectivity index (χ4v) is 3.17. The fourth-order valence-electron chi connectivity index (χ4n) is 3.17. The molecular formula is C17H20F2N2. The highest BCUT2D eigenvalue weighted by molar-refractivity contribution is 5.30. The van der Waals surface area contributed by atoms with Gasteiger partial charge in [0.2, 0.25) is 0 Å². The van der Waals surface area contributed by atoms with Crippen LogP contribution in [0.1, 0.15) is 42.0 Å². The Labute approximate surface area is 123 Å². The average Bonchev–Trinajstić information content (AvgIpc) is 2.76. The maximum absolute atomic E-state index is 13.8. The molecule has 1 aliphatic rings. The van der Waals surface area contributed by atoms with E-state index in [1.807, 2.05) is 11.6 Å². The zero-order chi connectivity index (χ0) is 14.8. The summed E-state index contributed by atoms with van der Waals surface area (Å²) in [5, 5.41) is 3.35. The Balaban J connectivity index is 1.89. The van der Waals surface area contributed by atoms with E-state index >= 15 is 0 Å². The first kappa shape index (κ1) is 14.3. The third kappa shape index (κ3) is 3.00. The molecule has 1 aromatic heterocycles. The van der Waals surface area contributed by atoms with Crippen LogP contribution in [0.4, 0.5) is 8.78 Å². The molecule has 112 valence electrons. The third-order valence-corrected chi connectivity index (χ3v) is 4.27. The van der Waals surface area contributed by atoms with Crippen LogP contribution in [-0.2, 0) is 13.0 Å². The first-order chi connectivity index (χ1) is 10.2. The van der Waals surface area contributed by atoms with Crippen LogP contribution in [0.15, 0.2) is 30.6 Å². The number of halogens is 2. The van der Waals surface area contributed by atoms with E-state index < -0.39 is 5.82 Å². The van der Waals surface area contributed by atoms with E-state index in [2.05, 4.69) is 17.7 Å². The van der Waals surface area contributed by atoms with Crippen LogP contribution < -0.4 is 5.32 Å². The molecule has 0 spiro atoms. The Morgan fingerprint density at radius 1 is 1.24 bits per heavy atom. The van der Waals surface area contributed by atoms with E-state index in [-0.39, 0.29) is 5.82 Å². The summed E-state index contributed by atoms with van der Waals surface area (Å²) >= 11 is 0. The van der Waals surface area contributed by atoms with E-state index in [0.717, 1.165) is 18.9 Å². The minimum Gasteiger partial charge on any atom is -0.349 e. The SMILES string of the molecule is CNC1CCCCc2cn(Cc3cc(F)ccc3F)cc21. The van der Waals surface area contributed by atoms with Crippen molar-refractivity contribution in [3.05, 3.63) is 58.9 Å². The van der Waals surface area contributed by atoms with Crippen molar-refractivity contribution in [1.29, 1.82) is 0 Å². The van der Waals surface area contributed by atoms with Crippen molar-refractivity contribution in [2.45, 2.75) is 38.3 Å². The van der Waals surface area contributed by atoms with E-state index in [1.165, 1.54) is 36.1 Å². The van der Waals surface area contributed by atoms with Gasteiger partial charge in [0.25, 0.3) is 0 Å². The molecule has 0 fully saturated rings. The van der Waals surface area contributed by atoms with Crippen molar-refractivity contribution >= 4 is 0 Å². The maximum atomic E-state index is 13.8. The van der Waals surface area contributed by atoms with Crippen molar-refractivity contribution in [3.8, 4) is 0 Å². The van der Waals surface area contributed by atoms with Gasteiger partial charge in [0.1, 0.15) is 11.6 Å². The minimum absolute atomic E-state index is 0.356. The zero-order valence-electron chi connectivity index (χ0n) is 12.2. The van der Waals surface area contributed by atoms with Gasteiger partial charge in [-0.25, -0.2) is 8.78 Å². The van der Waals surface area contributed by atoms with E-state index in [1.54, 1.807) is 0 Å². The van der Waals surface area contributed by atoms with Gasteiger partial charge in [-0.1, -0.05) is 6.42 Å². The van der Waals surface area contributed by atoms with Crippen molar-refractivity contribution in [2.75, 3.05) is 7.05 Å². The van der Waals surface area contributed by atoms with Gasteiger partial charge in [-0.15, -0.1) is 0 Å². The van der Waals surface area contributed by atoms with Gasteiger partial charge in [-0.2, -0.15) is 0 Å². The Hall–Kier alpha value is -1.68. The van der Waals surface area contributed by atoms with Crippen molar-refractivity contribution in [2.24, 2.45) is 0 Å². The number of aromatic nitrogens is 1. The Kier molecular flexibility index (Phi) is 4.06. The fraction of sp³-hybridized carbons (Fsp3) is 0.412. The molecule has 2 aromatic rings. The van der Waals surface area contributed by atoms with Gasteiger partial charge >= 0.3 is 0 Å². The quantitative estimate of drug-likeness (QED) is 0.851. The van der Waals surface area contributed by atoms with Crippen molar-refractivity contribution in [3.63, 3.8) is 0 Å². The van der Waals surface area contributed by atoms with Crippen LogP contribution in [0.25, 0.3) is 0 Å². The Bertz CT molecular complexity index is 634. The van der Waals surface area contributed by atoms with Gasteiger partial charge in [0.15, 0.2) is 0 Å². The number of hydrogen-bond acceptors (Lipinski definition) is 1. The summed E-state index contributed by atoms with van der Waals surface area (Å²) in [6.07, 6.45) is 8.75. The molecular weight excluding hydrogens is 270 g/mol. The van der Waals surface area contributed by atoms with Crippen LogP contribution in [0.5, 0.6) is 0 Å². The summed E-state index contributed by atoms with van der Waals surface area (Å²) in [5.41, 5.74) is 3.01. The maximum Gasteiger partial charge on any atom is 0.128 e. The molecule has 3 rings (SSSR count). The lowest BCUT2D eigenvalue weighted by molar-refractivity contribution is 0.530. The number of hydrogen-bond donors (Lipinski definition) is 1. The average molecular weight is 290 g/mol. The van der Waals surface area contributed by atoms with Gasteiger partial charge < -0.3 is 9.88 Å². The van der Waals surface area contributed by atoms with Gasteiger partial charge in [-0.05, 0) is 55.6 Å². The largest absolute Gasteiger partial charge is 0.349 e. The standard InChI is InChI=1S/C17H20F2N2/c1-20-17-5-3-2-4-12-9-21(11-15(12)17)10-13-8-14(18)6-7-16(13)19/h6-9,11,17,20H,2-5,10H2,1H3. The van der Waals surface area contributed by atoms with Crippen LogP contribution in [-0.4, -0.2) is 11.6 Å². The summed E-state index contributed by atoms with van der Waals surface area (Å²) < 4.78 is 29.0. The topological polar surface area (TPSA) is 17.0 Å². The molecule has 1 atom stereocenters. The normalized spacial score (nSPS) is 18.3. The predicted octanol–water partition coefficient (Wildman–Crippen LogP) is 3.80. The van der Waals surface area contributed by atoms with Crippen molar-refractivity contribution < 1.29 is 8.78 Å². The highest BCUT2D eigenvalue weighted by atomic mass is 19.1. The molecule has 0 saturated heterocycles. The minimum atomic E-state index is -0.395. The number of nitrogens with one attached hydrogen (secondary N) is 1. The van der Waals surface area contributed by atoms with Crippen LogP contribution in [0.3, 0.4) is 0 Å². The molecule has 2 nitrogen and oxygen atoms in total. The molecule has 0 amide bonds. The van der Waals surface area contributed by atoms with E-state index in [0.29, 0.717) is 18.2 Å². The predicted molar refractivity (Wildman–Crippen MR) is 79.2 cm³/mol. The molecule has 1 aromatic carbocycles. The molecule has 0 saturated carbocycles. The lowest BCUT2D eigenvalue weighted by atomic mass is 10.1. The number of benzene rings is 1. The molecule has 1 heterocycles. The molecule has 1 aliphatic carbocycles. The smallest absolute Gasteiger partial charge is 0.128 e. The van der Waals surface area contributed by atoms with Gasteiger partial charge in [0, 0.05) is 24.0 Å². The zero-order valence-corrected chi connectivity index (χ0v) is 12.2. The molecule has 0 aliphatic heterocycles. The summed E-state index contributed by atoms with van der Waals surface area (Å²) in [6.45, 7) is 0.368. The van der Waals surface area contributed by atoms with Gasteiger partial charge in [-0.3, -0.25) is 0 Å². The van der Waals surface area contributed by atoms with Crippen LogP contribution >= 0.6 is 0 Å². The van der Waals surface area contributed by atoms with Crippen LogP contribution in [0, 0.1) is 11.6 Å². The highest BCUT2D eigenvalue weighted by Gasteiger charge is 2.19. The Morgan fingerprint density at radius 2 is 2.10 bits per heavy atom. The first-order valence-electron chi connectivity index (χ1n) is 7.47. The Morgan fingerprint density at radius 3 is 2.90 bits per heavy atom. The van der Waals surface area contributed by atoms with E-state index in [9.17, 15) is 8.78 Å². The summed E-state index contributed by atoms with van der Waals surface area (Å²) in [7, 11) is 1.98. The monoisotopic (exact) mass is 290 g/mol. The molecule has 4 heteroatoms. The molecule has 1 unspecified atom stereocenters. The van der Waals surface area contributed by atoms with Gasteiger partial charge in [0.05, 0.1) is 6.54 Å². The first-order valence-corrected chi connectivity index (χ1v) is 7.47. The lowest BCUT2D eigenvalue weighted by Gasteiger charge is -2.13. The molecule has 0 bridgehead atoms. The van der Waals surface area contributed by atoms with Crippen LogP contribution in [0.2, 0.25) is 0 Å². The summed E-state index contributed by atoms with van der Waals surface area (Å²) in [5.74, 6) is -0.751. The third-order valence-electron chi connectivity index (χ3n) is 4.27. The number of fused-ring (bicyclic) bond motifs is 1. The van der Waals surface area contributed by atoms with Crippen molar-refractivity contribution in [1.82, 2.24) is 9.88 Å². The summed E-state index contributed by atoms with van der Waals surface area (Å²) in [6, 6.07) is 3.98. The molecule has 0 radical (unpaired) electrons. The second-order valence-corrected chi connectivity index (χ2v) is 5.73. The molecule has 1 N–H and O–H groups in total. The second-order valence-electron chi connectivity index (χ2n) is 5.73. The summed E-state index contributed by atoms with van der Waals surface area (Å²) in [4.78, 5) is 0. The number of aryl methyl sites for hydroxylation is 1. The lowest BCUT2D eigenvalue weighted by Crippen LogP contribution is -2.15. The van der Waals surface area contributed by atoms with E-state index in [4.69, 9.17) is 0 Å². The highest BCUT2D eigenvalue weighted by Crippen LogP contribution is 2.29. The number of rotatable bonds is 3.